The Kier molecular flexibility index (Phi) is 4.24. The van der Waals surface area contributed by atoms with Gasteiger partial charge in [-0.2, -0.15) is 13.2 Å². The van der Waals surface area contributed by atoms with Gasteiger partial charge in [-0.25, -0.2) is 0 Å². The molecule has 124 valence electrons. The largest absolute Gasteiger partial charge is 0.421 e. The summed E-state index contributed by atoms with van der Waals surface area (Å²) in [6, 6.07) is 12.1. The van der Waals surface area contributed by atoms with Gasteiger partial charge in [0.2, 0.25) is 11.8 Å². The highest BCUT2D eigenvalue weighted by Gasteiger charge is 2.29. The fraction of sp³-hybridized carbons (Fsp3) is 0.176. The minimum atomic E-state index is -4.35. The first kappa shape index (κ1) is 16.0. The Morgan fingerprint density at radius 2 is 1.71 bits per heavy atom. The SMILES string of the molecule is CCc1nnc(-c2ccccc2Nc2ccc(C(F)(F)F)cc2)o1. The lowest BCUT2D eigenvalue weighted by molar-refractivity contribution is -0.137. The number of para-hydroxylation sites is 1. The zero-order chi connectivity index (χ0) is 17.2. The van der Waals surface area contributed by atoms with Crippen molar-refractivity contribution < 1.29 is 17.6 Å². The Bertz CT molecular complexity index is 826. The lowest BCUT2D eigenvalue weighted by Gasteiger charge is -2.11. The molecule has 0 aliphatic rings. The summed E-state index contributed by atoms with van der Waals surface area (Å²) in [6.07, 6.45) is -3.72. The van der Waals surface area contributed by atoms with Gasteiger partial charge in [-0.3, -0.25) is 0 Å². The van der Waals surface area contributed by atoms with Crippen LogP contribution >= 0.6 is 0 Å². The van der Waals surface area contributed by atoms with E-state index in [9.17, 15) is 13.2 Å². The van der Waals surface area contributed by atoms with Crippen LogP contribution < -0.4 is 5.32 Å². The predicted molar refractivity (Wildman–Crippen MR) is 83.8 cm³/mol. The van der Waals surface area contributed by atoms with E-state index in [4.69, 9.17) is 4.42 Å². The van der Waals surface area contributed by atoms with E-state index in [-0.39, 0.29) is 0 Å². The number of hydrogen-bond donors (Lipinski definition) is 1. The Balaban J connectivity index is 1.88. The molecule has 4 nitrogen and oxygen atoms in total. The zero-order valence-electron chi connectivity index (χ0n) is 12.8. The third kappa shape index (κ3) is 3.40. The molecule has 0 aliphatic heterocycles. The lowest BCUT2D eigenvalue weighted by Crippen LogP contribution is -2.04. The van der Waals surface area contributed by atoms with Crippen molar-refractivity contribution in [3.63, 3.8) is 0 Å². The van der Waals surface area contributed by atoms with Gasteiger partial charge in [0.1, 0.15) is 0 Å². The second kappa shape index (κ2) is 6.35. The highest BCUT2D eigenvalue weighted by molar-refractivity contribution is 5.76. The van der Waals surface area contributed by atoms with E-state index < -0.39 is 11.7 Å². The van der Waals surface area contributed by atoms with E-state index in [1.165, 1.54) is 12.1 Å². The average molecular weight is 333 g/mol. The third-order valence-electron chi connectivity index (χ3n) is 3.42. The molecule has 7 heteroatoms. The molecule has 0 fully saturated rings. The number of halogens is 3. The van der Waals surface area contributed by atoms with Crippen molar-refractivity contribution in [3.05, 3.63) is 60.0 Å². The number of nitrogens with zero attached hydrogens (tertiary/aromatic N) is 2. The van der Waals surface area contributed by atoms with Gasteiger partial charge >= 0.3 is 6.18 Å². The summed E-state index contributed by atoms with van der Waals surface area (Å²) >= 11 is 0. The maximum absolute atomic E-state index is 12.6. The van der Waals surface area contributed by atoms with Crippen LogP contribution in [-0.4, -0.2) is 10.2 Å². The molecule has 0 bridgehead atoms. The molecule has 24 heavy (non-hydrogen) atoms. The molecule has 0 spiro atoms. The molecule has 3 rings (SSSR count). The second-order valence-corrected chi connectivity index (χ2v) is 5.10. The topological polar surface area (TPSA) is 51.0 Å². The zero-order valence-corrected chi connectivity index (χ0v) is 12.8. The normalized spacial score (nSPS) is 11.5. The van der Waals surface area contributed by atoms with Gasteiger partial charge in [0.25, 0.3) is 0 Å². The van der Waals surface area contributed by atoms with E-state index in [0.29, 0.717) is 35.1 Å². The van der Waals surface area contributed by atoms with Crippen LogP contribution in [0.25, 0.3) is 11.5 Å². The monoisotopic (exact) mass is 333 g/mol. The Morgan fingerprint density at radius 3 is 2.33 bits per heavy atom. The van der Waals surface area contributed by atoms with Gasteiger partial charge < -0.3 is 9.73 Å². The first-order valence-corrected chi connectivity index (χ1v) is 7.33. The minimum Gasteiger partial charge on any atom is -0.421 e. The number of benzene rings is 2. The summed E-state index contributed by atoms with van der Waals surface area (Å²) in [5.74, 6) is 0.885. The van der Waals surface area contributed by atoms with Crippen molar-refractivity contribution in [1.82, 2.24) is 10.2 Å². The van der Waals surface area contributed by atoms with Crippen LogP contribution in [0.5, 0.6) is 0 Å². The summed E-state index contributed by atoms with van der Waals surface area (Å²) in [7, 11) is 0. The van der Waals surface area contributed by atoms with E-state index in [1.54, 1.807) is 12.1 Å². The molecular weight excluding hydrogens is 319 g/mol. The lowest BCUT2D eigenvalue weighted by atomic mass is 10.1. The van der Waals surface area contributed by atoms with Crippen LogP contribution in [0.15, 0.2) is 52.9 Å². The van der Waals surface area contributed by atoms with E-state index in [0.717, 1.165) is 12.1 Å². The molecule has 0 saturated heterocycles. The molecule has 2 aromatic carbocycles. The molecule has 0 saturated carbocycles. The van der Waals surface area contributed by atoms with Crippen molar-refractivity contribution in [2.45, 2.75) is 19.5 Å². The van der Waals surface area contributed by atoms with Crippen molar-refractivity contribution in [1.29, 1.82) is 0 Å². The van der Waals surface area contributed by atoms with Crippen LogP contribution in [-0.2, 0) is 12.6 Å². The fourth-order valence-corrected chi connectivity index (χ4v) is 2.18. The third-order valence-corrected chi connectivity index (χ3v) is 3.42. The maximum Gasteiger partial charge on any atom is 0.416 e. The number of anilines is 2. The minimum absolute atomic E-state index is 0.363. The highest BCUT2D eigenvalue weighted by Crippen LogP contribution is 2.32. The smallest absolute Gasteiger partial charge is 0.416 e. The number of alkyl halides is 3. The molecule has 3 aromatic rings. The summed E-state index contributed by atoms with van der Waals surface area (Å²) in [4.78, 5) is 0. The van der Waals surface area contributed by atoms with Crippen LogP contribution in [0.4, 0.5) is 24.5 Å². The van der Waals surface area contributed by atoms with Crippen molar-refractivity contribution in [2.24, 2.45) is 0 Å². The highest BCUT2D eigenvalue weighted by atomic mass is 19.4. The van der Waals surface area contributed by atoms with E-state index in [1.807, 2.05) is 19.1 Å². The van der Waals surface area contributed by atoms with Crippen LogP contribution in [0.3, 0.4) is 0 Å². The van der Waals surface area contributed by atoms with Crippen molar-refractivity contribution in [3.8, 4) is 11.5 Å². The molecule has 0 atom stereocenters. The molecule has 0 amide bonds. The molecular formula is C17H14F3N3O. The molecule has 0 aliphatic carbocycles. The van der Waals surface area contributed by atoms with E-state index >= 15 is 0 Å². The van der Waals surface area contributed by atoms with Crippen LogP contribution in [0, 0.1) is 0 Å². The van der Waals surface area contributed by atoms with Crippen molar-refractivity contribution in [2.75, 3.05) is 5.32 Å². The summed E-state index contributed by atoms with van der Waals surface area (Å²) in [6.45, 7) is 1.91. The van der Waals surface area contributed by atoms with Gasteiger partial charge in [0.15, 0.2) is 0 Å². The maximum atomic E-state index is 12.6. The Hall–Kier alpha value is -2.83. The molecule has 1 aromatic heterocycles. The molecule has 0 radical (unpaired) electrons. The number of aromatic nitrogens is 2. The first-order valence-electron chi connectivity index (χ1n) is 7.33. The van der Waals surface area contributed by atoms with Crippen LogP contribution in [0.1, 0.15) is 18.4 Å². The number of hydrogen-bond acceptors (Lipinski definition) is 4. The van der Waals surface area contributed by atoms with Gasteiger partial charge in [0.05, 0.1) is 16.8 Å². The summed E-state index contributed by atoms with van der Waals surface area (Å²) < 4.78 is 43.4. The quantitative estimate of drug-likeness (QED) is 0.725. The predicted octanol–water partition coefficient (Wildman–Crippen LogP) is 5.06. The fourth-order valence-electron chi connectivity index (χ4n) is 2.18. The number of aryl methyl sites for hydroxylation is 1. The average Bonchev–Trinajstić information content (AvgIpc) is 3.04. The standard InChI is InChI=1S/C17H14F3N3O/c1-2-15-22-23-16(24-15)13-5-3-4-6-14(13)21-12-9-7-11(8-10-12)17(18,19)20/h3-10,21H,2H2,1H3. The number of rotatable bonds is 4. The van der Waals surface area contributed by atoms with Gasteiger partial charge in [0, 0.05) is 12.1 Å². The van der Waals surface area contributed by atoms with E-state index in [2.05, 4.69) is 15.5 Å². The Labute approximate surface area is 136 Å². The first-order chi connectivity index (χ1) is 11.5. The molecule has 1 heterocycles. The molecule has 1 N–H and O–H groups in total. The van der Waals surface area contributed by atoms with Gasteiger partial charge in [-0.1, -0.05) is 19.1 Å². The Morgan fingerprint density at radius 1 is 1.00 bits per heavy atom. The molecule has 0 unspecified atom stereocenters. The van der Waals surface area contributed by atoms with Gasteiger partial charge in [-0.15, -0.1) is 10.2 Å². The van der Waals surface area contributed by atoms with Gasteiger partial charge in [-0.05, 0) is 36.4 Å². The van der Waals surface area contributed by atoms with Crippen molar-refractivity contribution >= 4 is 11.4 Å². The summed E-state index contributed by atoms with van der Waals surface area (Å²) in [5.41, 5.74) is 1.20. The second-order valence-electron chi connectivity index (χ2n) is 5.10. The number of nitrogens with one attached hydrogen (secondary N) is 1. The summed E-state index contributed by atoms with van der Waals surface area (Å²) in [5, 5.41) is 11.0. The van der Waals surface area contributed by atoms with Crippen LogP contribution in [0.2, 0.25) is 0 Å².